The molecule has 3 aromatic carbocycles. The smallest absolute Gasteiger partial charge is 0.257 e. The highest BCUT2D eigenvalue weighted by atomic mass is 16.7. The van der Waals surface area contributed by atoms with E-state index in [1.54, 1.807) is 18.3 Å². The molecule has 0 bridgehead atoms. The Bertz CT molecular complexity index is 1330. The number of aliphatic hydroxyl groups excluding tert-OH is 1. The molecule has 1 fully saturated rings. The third-order valence-electron chi connectivity index (χ3n) is 6.79. The summed E-state index contributed by atoms with van der Waals surface area (Å²) < 4.78 is 12.9. The number of carbonyl (C=O) groups excluding carboxylic acids is 1. The molecular weight excluding hydrogens is 490 g/mol. The maximum absolute atomic E-state index is 12.5. The number of amides is 1. The van der Waals surface area contributed by atoms with Crippen molar-refractivity contribution in [2.24, 2.45) is 0 Å². The van der Waals surface area contributed by atoms with Crippen LogP contribution in [-0.2, 0) is 22.6 Å². The van der Waals surface area contributed by atoms with Gasteiger partial charge in [-0.15, -0.1) is 0 Å². The highest BCUT2D eigenvalue weighted by molar-refractivity contribution is 6.04. The number of nitrogens with zero attached hydrogens (tertiary/aromatic N) is 2. The number of likely N-dealkylation sites (N-methyl/N-ethyl adjacent to an activating group) is 1. The van der Waals surface area contributed by atoms with Crippen LogP contribution in [0.1, 0.15) is 51.4 Å². The molecule has 7 heteroatoms. The molecule has 7 nitrogen and oxygen atoms in total. The summed E-state index contributed by atoms with van der Waals surface area (Å²) in [5, 5.41) is 12.4. The Labute approximate surface area is 229 Å². The number of rotatable bonds is 9. The van der Waals surface area contributed by atoms with E-state index in [0.717, 1.165) is 29.8 Å². The van der Waals surface area contributed by atoms with Crippen LogP contribution in [-0.4, -0.2) is 40.6 Å². The van der Waals surface area contributed by atoms with Gasteiger partial charge in [-0.25, -0.2) is 0 Å². The Balaban J connectivity index is 1.30. The van der Waals surface area contributed by atoms with Crippen LogP contribution < -0.4 is 5.32 Å². The Morgan fingerprint density at radius 2 is 1.67 bits per heavy atom. The molecule has 3 unspecified atom stereocenters. The average Bonchev–Trinajstić information content (AvgIpc) is 2.98. The second-order valence-electron chi connectivity index (χ2n) is 9.85. The van der Waals surface area contributed by atoms with Crippen molar-refractivity contribution in [3.63, 3.8) is 0 Å². The minimum absolute atomic E-state index is 0.00805. The van der Waals surface area contributed by atoms with Gasteiger partial charge in [-0.3, -0.25) is 14.7 Å². The summed E-state index contributed by atoms with van der Waals surface area (Å²) in [6.45, 7) is 1.58. The maximum Gasteiger partial charge on any atom is 0.257 e. The lowest BCUT2D eigenvalue weighted by Gasteiger charge is -2.38. The molecule has 5 rings (SSSR count). The van der Waals surface area contributed by atoms with Crippen molar-refractivity contribution in [1.82, 2.24) is 9.88 Å². The molecule has 1 amide bonds. The first-order valence-electron chi connectivity index (χ1n) is 13.1. The first kappa shape index (κ1) is 26.7. The monoisotopic (exact) mass is 523 g/mol. The number of ether oxygens (including phenoxy) is 2. The van der Waals surface area contributed by atoms with E-state index in [9.17, 15) is 9.90 Å². The summed E-state index contributed by atoms with van der Waals surface area (Å²) in [5.74, 6) is -0.214. The van der Waals surface area contributed by atoms with Crippen LogP contribution >= 0.6 is 0 Å². The Kier molecular flexibility index (Phi) is 8.75. The van der Waals surface area contributed by atoms with E-state index in [-0.39, 0.29) is 24.7 Å². The van der Waals surface area contributed by atoms with Crippen LogP contribution in [0.4, 0.5) is 5.69 Å². The van der Waals surface area contributed by atoms with Crippen LogP contribution in [0.25, 0.3) is 0 Å². The SMILES string of the molecule is CN(Cc1ccccc1)CC1CC(c2ccc(CO)cc2)OC(c2ccc(NC(=O)c3cccnc3)cc2)O1. The van der Waals surface area contributed by atoms with Crippen molar-refractivity contribution in [2.45, 2.75) is 38.1 Å². The van der Waals surface area contributed by atoms with Crippen molar-refractivity contribution < 1.29 is 19.4 Å². The summed E-state index contributed by atoms with van der Waals surface area (Å²) in [4.78, 5) is 18.8. The van der Waals surface area contributed by atoms with Gasteiger partial charge in [0, 0.05) is 43.2 Å². The Morgan fingerprint density at radius 1 is 0.923 bits per heavy atom. The van der Waals surface area contributed by atoms with Gasteiger partial charge in [0.1, 0.15) is 0 Å². The predicted octanol–water partition coefficient (Wildman–Crippen LogP) is 5.50. The van der Waals surface area contributed by atoms with Gasteiger partial charge < -0.3 is 19.9 Å². The minimum Gasteiger partial charge on any atom is -0.392 e. The molecule has 1 aromatic heterocycles. The summed E-state index contributed by atoms with van der Waals surface area (Å²) in [5.41, 5.74) is 5.23. The van der Waals surface area contributed by atoms with Gasteiger partial charge in [0.25, 0.3) is 5.91 Å². The summed E-state index contributed by atoms with van der Waals surface area (Å²) in [6.07, 6.45) is 3.13. The number of hydrogen-bond acceptors (Lipinski definition) is 6. The topological polar surface area (TPSA) is 83.9 Å². The van der Waals surface area contributed by atoms with Gasteiger partial charge in [-0.1, -0.05) is 66.7 Å². The van der Waals surface area contributed by atoms with Gasteiger partial charge in [0.05, 0.1) is 24.4 Å². The zero-order valence-electron chi connectivity index (χ0n) is 21.9. The number of aliphatic hydroxyl groups is 1. The van der Waals surface area contributed by atoms with Gasteiger partial charge >= 0.3 is 0 Å². The van der Waals surface area contributed by atoms with E-state index in [4.69, 9.17) is 9.47 Å². The Hall–Kier alpha value is -3.88. The molecule has 1 aliphatic heterocycles. The fourth-order valence-electron chi connectivity index (χ4n) is 4.76. The van der Waals surface area contributed by atoms with E-state index in [2.05, 4.69) is 46.5 Å². The van der Waals surface area contributed by atoms with Crippen LogP contribution in [0.2, 0.25) is 0 Å². The van der Waals surface area contributed by atoms with E-state index >= 15 is 0 Å². The second-order valence-corrected chi connectivity index (χ2v) is 9.85. The fourth-order valence-corrected chi connectivity index (χ4v) is 4.76. The van der Waals surface area contributed by atoms with Crippen molar-refractivity contribution in [2.75, 3.05) is 18.9 Å². The van der Waals surface area contributed by atoms with Gasteiger partial charge in [0.2, 0.25) is 0 Å². The fraction of sp³-hybridized carbons (Fsp3) is 0.250. The van der Waals surface area contributed by atoms with Crippen LogP contribution in [0.15, 0.2) is 103 Å². The van der Waals surface area contributed by atoms with Crippen molar-refractivity contribution >= 4 is 11.6 Å². The van der Waals surface area contributed by atoms with Crippen LogP contribution in [0.5, 0.6) is 0 Å². The Morgan fingerprint density at radius 3 is 2.36 bits per heavy atom. The maximum atomic E-state index is 12.5. The molecule has 3 atom stereocenters. The third kappa shape index (κ3) is 7.16. The van der Waals surface area contributed by atoms with Gasteiger partial charge in [-0.05, 0) is 48.0 Å². The van der Waals surface area contributed by atoms with Crippen molar-refractivity contribution in [1.29, 1.82) is 0 Å². The van der Waals surface area contributed by atoms with Gasteiger partial charge in [-0.2, -0.15) is 0 Å². The molecule has 200 valence electrons. The zero-order valence-corrected chi connectivity index (χ0v) is 21.9. The number of benzene rings is 3. The molecule has 0 saturated carbocycles. The highest BCUT2D eigenvalue weighted by Crippen LogP contribution is 2.38. The number of anilines is 1. The molecule has 39 heavy (non-hydrogen) atoms. The van der Waals surface area contributed by atoms with Crippen molar-refractivity contribution in [3.05, 3.63) is 131 Å². The molecule has 2 N–H and O–H groups in total. The molecule has 2 heterocycles. The van der Waals surface area contributed by atoms with Crippen molar-refractivity contribution in [3.8, 4) is 0 Å². The predicted molar refractivity (Wildman–Crippen MR) is 150 cm³/mol. The molecule has 0 radical (unpaired) electrons. The number of hydrogen-bond donors (Lipinski definition) is 2. The summed E-state index contributed by atoms with van der Waals surface area (Å²) in [7, 11) is 2.10. The summed E-state index contributed by atoms with van der Waals surface area (Å²) >= 11 is 0. The highest BCUT2D eigenvalue weighted by Gasteiger charge is 2.32. The molecule has 0 spiro atoms. The first-order chi connectivity index (χ1) is 19.1. The lowest BCUT2D eigenvalue weighted by molar-refractivity contribution is -0.252. The largest absolute Gasteiger partial charge is 0.392 e. The van der Waals surface area contributed by atoms with E-state index < -0.39 is 6.29 Å². The summed E-state index contributed by atoms with van der Waals surface area (Å²) in [6, 6.07) is 29.3. The van der Waals surface area contributed by atoms with Crippen LogP contribution in [0.3, 0.4) is 0 Å². The molecule has 1 saturated heterocycles. The molecular formula is C32H33N3O4. The number of nitrogens with one attached hydrogen (secondary N) is 1. The average molecular weight is 524 g/mol. The molecule has 1 aliphatic rings. The number of carbonyl (C=O) groups is 1. The second kappa shape index (κ2) is 12.8. The normalized spacial score (nSPS) is 19.1. The van der Waals surface area contributed by atoms with Crippen LogP contribution in [0, 0.1) is 0 Å². The minimum atomic E-state index is -0.556. The molecule has 0 aliphatic carbocycles. The number of aromatic nitrogens is 1. The van der Waals surface area contributed by atoms with Gasteiger partial charge in [0.15, 0.2) is 6.29 Å². The first-order valence-corrected chi connectivity index (χ1v) is 13.1. The van der Waals surface area contributed by atoms with E-state index in [0.29, 0.717) is 17.7 Å². The number of pyridine rings is 1. The van der Waals surface area contributed by atoms with E-state index in [1.165, 1.54) is 11.8 Å². The third-order valence-corrected chi connectivity index (χ3v) is 6.79. The quantitative estimate of drug-likeness (QED) is 0.301. The lowest BCUT2D eigenvalue weighted by atomic mass is 9.99. The zero-order chi connectivity index (χ0) is 27.0. The standard InChI is InChI=1S/C32H33N3O4/c1-35(20-23-6-3-2-4-7-23)21-29-18-30(25-11-9-24(22-36)10-12-25)39-32(38-29)26-13-15-28(16-14-26)34-31(37)27-8-5-17-33-19-27/h2-17,19,29-30,32,36H,18,20-22H2,1H3,(H,34,37). The lowest BCUT2D eigenvalue weighted by Crippen LogP contribution is -2.37. The van der Waals surface area contributed by atoms with E-state index in [1.807, 2.05) is 54.6 Å². The molecule has 4 aromatic rings.